The molecule has 5 aliphatic heterocycles. The minimum absolute atomic E-state index is 0. The number of rotatable bonds is 43. The van der Waals surface area contributed by atoms with Gasteiger partial charge in [-0.25, -0.2) is 18.2 Å². The molecular weight excluding hydrogens is 1150 g/mol. The SMILES string of the molecule is C=CCC(=C)C[C@@H]1C[C@@H](O)[C@H](C/C=C/CC2=CC(CC/C=C/CCCCCCCC(C)CC[C@H]3O[C@@H]3CCCC(CC(O)CC(=O)CC(O)CCC(O)[C@@H]3C[C@H](O)[C@H](OS(=O)(=O)[O-])[C@@H](CC(C)O)O3)O[C@@H]3O[C@H](CO)[C@@H](O)[C@H](O)[C@H]3O)OOC2)O1.[Na+]. The van der Waals surface area contributed by atoms with Crippen LogP contribution in [0.4, 0.5) is 0 Å². The summed E-state index contributed by atoms with van der Waals surface area (Å²) in [6, 6.07) is 0. The molecule has 10 N–H and O–H groups in total. The molecule has 490 valence electrons. The van der Waals surface area contributed by atoms with Crippen molar-refractivity contribution in [2.24, 2.45) is 5.92 Å². The van der Waals surface area contributed by atoms with Crippen LogP contribution < -0.4 is 29.6 Å². The van der Waals surface area contributed by atoms with Gasteiger partial charge >= 0.3 is 29.6 Å². The largest absolute Gasteiger partial charge is 1.00 e. The molecule has 21 atom stereocenters. The van der Waals surface area contributed by atoms with Gasteiger partial charge in [0.25, 0.3) is 0 Å². The summed E-state index contributed by atoms with van der Waals surface area (Å²) in [5.41, 5.74) is 2.26. The zero-order chi connectivity index (χ0) is 62.1. The third-order valence-corrected chi connectivity index (χ3v) is 17.2. The van der Waals surface area contributed by atoms with Gasteiger partial charge in [-0.15, -0.1) is 6.58 Å². The second kappa shape index (κ2) is 40.5. The molecule has 4 saturated heterocycles. The molecule has 24 heteroatoms. The Morgan fingerprint density at radius 2 is 1.48 bits per heavy atom. The number of hydrogen-bond donors (Lipinski definition) is 10. The molecule has 0 radical (unpaired) electrons. The van der Waals surface area contributed by atoms with Crippen LogP contribution >= 0.6 is 0 Å². The Morgan fingerprint density at radius 1 is 0.756 bits per heavy atom. The van der Waals surface area contributed by atoms with E-state index in [1.54, 1.807) is 0 Å². The molecule has 5 rings (SSSR count). The van der Waals surface area contributed by atoms with Crippen LogP contribution in [0, 0.1) is 5.92 Å². The summed E-state index contributed by atoms with van der Waals surface area (Å²) in [6.45, 7) is 11.3. The minimum atomic E-state index is -5.23. The van der Waals surface area contributed by atoms with Crippen molar-refractivity contribution in [3.8, 4) is 0 Å². The van der Waals surface area contributed by atoms with Crippen molar-refractivity contribution in [2.45, 2.75) is 303 Å². The predicted molar refractivity (Wildman–Crippen MR) is 312 cm³/mol. The average Bonchev–Trinajstić information content (AvgIpc) is 2.70. The van der Waals surface area contributed by atoms with Gasteiger partial charge < -0.3 is 79.3 Å². The summed E-state index contributed by atoms with van der Waals surface area (Å²) in [6.07, 6.45) is 8.99. The summed E-state index contributed by atoms with van der Waals surface area (Å²) in [7, 11) is -5.23. The van der Waals surface area contributed by atoms with Gasteiger partial charge in [0.1, 0.15) is 49.0 Å². The zero-order valence-electron chi connectivity index (χ0n) is 51.1. The van der Waals surface area contributed by atoms with Crippen molar-refractivity contribution in [2.75, 3.05) is 13.2 Å². The van der Waals surface area contributed by atoms with Crippen LogP contribution in [0.3, 0.4) is 0 Å². The molecule has 86 heavy (non-hydrogen) atoms. The number of aliphatic hydroxyl groups is 10. The van der Waals surface area contributed by atoms with Gasteiger partial charge in [-0.1, -0.05) is 87.6 Å². The Morgan fingerprint density at radius 3 is 2.21 bits per heavy atom. The molecule has 0 aromatic heterocycles. The van der Waals surface area contributed by atoms with Crippen molar-refractivity contribution in [1.82, 2.24) is 0 Å². The standard InChI is InChI=1S/C62H104O22S.Na/c1-5-18-40(3)29-48-35-50(69)52(78-48)23-16-15-20-42-31-47(83-77-38-42)21-14-12-10-8-6-7-9-11-13-19-39(2)25-28-54-53(80-54)24-17-22-46(79-62-60(73)59(72)58(71)57(37-63)82-62)34-45(67)33-44(66)32-43(65)26-27-49(68)55-36-51(70)61(84-85(74,75)76)56(81-55)30-41(4)64;/h5,10,12,15-16,31,39,41,43,45-65,67-73H,1,3,6-9,11,13-14,17-30,32-38H2,2,4H3,(H,74,75,76);/q;+1/p-1/b12-10+,16-15+;/t39?,41?,43?,45?,46?,47?,48-,49?,50-,51+,52+,53-,54-,55+,56-,57-,58-,59+,60-,61+,62-;/m1./s1. The zero-order valence-corrected chi connectivity index (χ0v) is 53.9. The van der Waals surface area contributed by atoms with Crippen LogP contribution in [-0.2, 0) is 52.8 Å². The molecule has 0 amide bonds. The van der Waals surface area contributed by atoms with E-state index in [-0.39, 0.29) is 105 Å². The van der Waals surface area contributed by atoms with Crippen LogP contribution in [-0.4, -0.2) is 205 Å². The van der Waals surface area contributed by atoms with E-state index in [1.807, 2.05) is 6.08 Å². The summed E-state index contributed by atoms with van der Waals surface area (Å²) < 4.78 is 67.7. The van der Waals surface area contributed by atoms with Gasteiger partial charge in [0.2, 0.25) is 10.4 Å². The van der Waals surface area contributed by atoms with E-state index in [2.05, 4.69) is 54.6 Å². The molecule has 0 aromatic rings. The maximum atomic E-state index is 13.1. The van der Waals surface area contributed by atoms with E-state index in [1.165, 1.54) is 38.2 Å². The van der Waals surface area contributed by atoms with Gasteiger partial charge in [-0.05, 0) is 115 Å². The number of allylic oxidation sites excluding steroid dienone is 4. The summed E-state index contributed by atoms with van der Waals surface area (Å²) in [4.78, 5) is 24.0. The second-order valence-electron chi connectivity index (χ2n) is 24.6. The van der Waals surface area contributed by atoms with Gasteiger partial charge in [0.15, 0.2) is 6.29 Å². The topological polar surface area (TPSA) is 354 Å². The van der Waals surface area contributed by atoms with E-state index < -0.39 is 115 Å². The normalized spacial score (nSPS) is 31.9. The van der Waals surface area contributed by atoms with Crippen LogP contribution in [0.25, 0.3) is 0 Å². The van der Waals surface area contributed by atoms with Crippen molar-refractivity contribution in [3.63, 3.8) is 0 Å². The molecule has 0 aliphatic carbocycles. The quantitative estimate of drug-likeness (QED) is 0.00793. The van der Waals surface area contributed by atoms with Crippen molar-refractivity contribution < 1.29 is 136 Å². The first-order chi connectivity index (χ1) is 40.5. The number of unbranched alkanes of at least 4 members (excludes halogenated alkanes) is 5. The van der Waals surface area contributed by atoms with Crippen LogP contribution in [0.5, 0.6) is 0 Å². The number of ketones is 1. The fourth-order valence-corrected chi connectivity index (χ4v) is 12.4. The number of carbonyl (C=O) groups is 1. The van der Waals surface area contributed by atoms with E-state index in [0.29, 0.717) is 44.6 Å². The Kier molecular flexibility index (Phi) is 36.3. The van der Waals surface area contributed by atoms with Crippen LogP contribution in [0.15, 0.2) is 60.8 Å². The number of Topliss-reactive ketones (excluding diaryl/α,β-unsaturated/α-hetero) is 1. The van der Waals surface area contributed by atoms with E-state index >= 15 is 0 Å². The van der Waals surface area contributed by atoms with Crippen LogP contribution in [0.2, 0.25) is 0 Å². The number of ether oxygens (including phenoxy) is 5. The fourth-order valence-electron chi connectivity index (χ4n) is 11.9. The number of aliphatic hydroxyl groups excluding tert-OH is 10. The van der Waals surface area contributed by atoms with Gasteiger partial charge in [0.05, 0.1) is 86.0 Å². The molecule has 0 saturated carbocycles. The second-order valence-corrected chi connectivity index (χ2v) is 25.6. The number of hydrogen-bond acceptors (Lipinski definition) is 22. The molecule has 0 bridgehead atoms. The van der Waals surface area contributed by atoms with E-state index in [9.17, 15) is 68.8 Å². The molecule has 4 fully saturated rings. The van der Waals surface area contributed by atoms with Gasteiger partial charge in [-0.3, -0.25) is 8.98 Å². The smallest absolute Gasteiger partial charge is 0.726 e. The molecule has 0 spiro atoms. The number of epoxide rings is 1. The maximum Gasteiger partial charge on any atom is 1.00 e. The molecule has 5 aliphatic rings. The van der Waals surface area contributed by atoms with Gasteiger partial charge in [0, 0.05) is 38.5 Å². The maximum absolute atomic E-state index is 13.1. The third kappa shape index (κ3) is 29.0. The van der Waals surface area contributed by atoms with E-state index in [4.69, 9.17) is 33.5 Å². The molecular formula is C62H103NaO22S. The monoisotopic (exact) mass is 1250 g/mol. The Labute approximate surface area is 532 Å². The first-order valence-electron chi connectivity index (χ1n) is 31.2. The molecule has 22 nitrogen and oxygen atoms in total. The summed E-state index contributed by atoms with van der Waals surface area (Å²) in [5, 5.41) is 105. The molecule has 7 unspecified atom stereocenters. The van der Waals surface area contributed by atoms with Crippen molar-refractivity contribution in [3.05, 3.63) is 60.8 Å². The van der Waals surface area contributed by atoms with Crippen molar-refractivity contribution in [1.29, 1.82) is 0 Å². The van der Waals surface area contributed by atoms with E-state index in [0.717, 1.165) is 69.8 Å². The predicted octanol–water partition coefficient (Wildman–Crippen LogP) is 1.97. The van der Waals surface area contributed by atoms with Gasteiger partial charge in [-0.2, -0.15) is 0 Å². The first-order valence-corrected chi connectivity index (χ1v) is 32.6. The average molecular weight is 1260 g/mol. The van der Waals surface area contributed by atoms with Crippen molar-refractivity contribution >= 4 is 16.2 Å². The Balaban J connectivity index is 0.0000158. The summed E-state index contributed by atoms with van der Waals surface area (Å²) >= 11 is 0. The Bertz CT molecular complexity index is 2150. The van der Waals surface area contributed by atoms with Crippen LogP contribution in [0.1, 0.15) is 181 Å². The Hall–Kier alpha value is -1.44. The fraction of sp³-hybridized carbons (Fsp3) is 0.823. The summed E-state index contributed by atoms with van der Waals surface area (Å²) in [5.74, 6) is 0.0634. The molecule has 5 heterocycles. The minimum Gasteiger partial charge on any atom is -0.726 e. The number of carbonyl (C=O) groups excluding carboxylic acids is 1. The third-order valence-electron chi connectivity index (χ3n) is 16.8. The molecule has 0 aromatic carbocycles. The first kappa shape index (κ1) is 77.0.